The number of aromatic nitrogens is 1. The molecule has 92 valence electrons. The van der Waals surface area contributed by atoms with Gasteiger partial charge in [-0.15, -0.1) is 0 Å². The summed E-state index contributed by atoms with van der Waals surface area (Å²) in [6.07, 6.45) is 5.30. The van der Waals surface area contributed by atoms with Crippen LogP contribution in [0, 0.1) is 11.3 Å². The van der Waals surface area contributed by atoms with Crippen molar-refractivity contribution in [2.24, 2.45) is 5.73 Å². The number of nitrogens with two attached hydrogens (primary N) is 1. The molecule has 0 bridgehead atoms. The second kappa shape index (κ2) is 6.33. The Kier molecular flexibility index (Phi) is 5.08. The van der Waals surface area contributed by atoms with Crippen LogP contribution in [-0.4, -0.2) is 35.6 Å². The number of hydrogen-bond acceptors (Lipinski definition) is 4. The van der Waals surface area contributed by atoms with E-state index in [4.69, 9.17) is 11.0 Å². The van der Waals surface area contributed by atoms with E-state index in [0.717, 1.165) is 19.5 Å². The summed E-state index contributed by atoms with van der Waals surface area (Å²) in [6.45, 7) is 3.57. The Morgan fingerprint density at radius 1 is 1.41 bits per heavy atom. The average molecular weight is 232 g/mol. The smallest absolute Gasteiger partial charge is 0.102 e. The number of nitriles is 1. The highest BCUT2D eigenvalue weighted by Gasteiger charge is 2.17. The SMILES string of the molecule is CN(CCc1ccncc1)CCC(C)(N)C#N. The van der Waals surface area contributed by atoms with Gasteiger partial charge in [-0.3, -0.25) is 4.98 Å². The van der Waals surface area contributed by atoms with E-state index in [0.29, 0.717) is 6.42 Å². The lowest BCUT2D eigenvalue weighted by Gasteiger charge is -2.21. The molecule has 1 aromatic rings. The Balaban J connectivity index is 2.27. The molecule has 0 fully saturated rings. The summed E-state index contributed by atoms with van der Waals surface area (Å²) in [4.78, 5) is 6.18. The number of pyridine rings is 1. The second-order valence-corrected chi connectivity index (χ2v) is 4.69. The van der Waals surface area contributed by atoms with Crippen LogP contribution in [-0.2, 0) is 6.42 Å². The van der Waals surface area contributed by atoms with Crippen molar-refractivity contribution in [3.63, 3.8) is 0 Å². The van der Waals surface area contributed by atoms with Gasteiger partial charge in [-0.05, 0) is 44.5 Å². The van der Waals surface area contributed by atoms with E-state index in [-0.39, 0.29) is 0 Å². The zero-order valence-electron chi connectivity index (χ0n) is 10.6. The molecule has 1 unspecified atom stereocenters. The molecule has 1 heterocycles. The quantitative estimate of drug-likeness (QED) is 0.800. The van der Waals surface area contributed by atoms with Crippen molar-refractivity contribution in [1.82, 2.24) is 9.88 Å². The molecule has 0 radical (unpaired) electrons. The average Bonchev–Trinajstić information content (AvgIpc) is 2.35. The molecule has 0 saturated heterocycles. The molecule has 0 aliphatic rings. The summed E-state index contributed by atoms with van der Waals surface area (Å²) in [6, 6.07) is 6.16. The van der Waals surface area contributed by atoms with Crippen molar-refractivity contribution in [1.29, 1.82) is 5.26 Å². The maximum Gasteiger partial charge on any atom is 0.102 e. The van der Waals surface area contributed by atoms with E-state index in [2.05, 4.69) is 23.0 Å². The normalized spacial score (nSPS) is 14.3. The highest BCUT2D eigenvalue weighted by molar-refractivity contribution is 5.09. The van der Waals surface area contributed by atoms with Crippen LogP contribution < -0.4 is 5.73 Å². The minimum Gasteiger partial charge on any atom is -0.314 e. The third kappa shape index (κ3) is 5.43. The molecule has 0 amide bonds. The fraction of sp³-hybridized carbons (Fsp3) is 0.538. The molecule has 0 saturated carbocycles. The monoisotopic (exact) mass is 232 g/mol. The van der Waals surface area contributed by atoms with Gasteiger partial charge < -0.3 is 10.6 Å². The predicted molar refractivity (Wildman–Crippen MR) is 68.3 cm³/mol. The van der Waals surface area contributed by atoms with Gasteiger partial charge >= 0.3 is 0 Å². The lowest BCUT2D eigenvalue weighted by atomic mass is 10.0. The molecule has 17 heavy (non-hydrogen) atoms. The third-order valence-electron chi connectivity index (χ3n) is 2.80. The van der Waals surface area contributed by atoms with Gasteiger partial charge in [0.15, 0.2) is 0 Å². The molecular formula is C13H20N4. The zero-order chi connectivity index (χ0) is 12.7. The van der Waals surface area contributed by atoms with Gasteiger partial charge in [0.1, 0.15) is 5.54 Å². The molecular weight excluding hydrogens is 212 g/mol. The minimum atomic E-state index is -0.717. The maximum absolute atomic E-state index is 8.81. The highest BCUT2D eigenvalue weighted by Crippen LogP contribution is 2.05. The summed E-state index contributed by atoms with van der Waals surface area (Å²) < 4.78 is 0. The number of hydrogen-bond donors (Lipinski definition) is 1. The Bertz CT molecular complexity index is 367. The van der Waals surface area contributed by atoms with E-state index >= 15 is 0 Å². The van der Waals surface area contributed by atoms with Crippen LogP contribution in [0.3, 0.4) is 0 Å². The van der Waals surface area contributed by atoms with Crippen molar-refractivity contribution >= 4 is 0 Å². The van der Waals surface area contributed by atoms with Crippen molar-refractivity contribution in [3.05, 3.63) is 30.1 Å². The van der Waals surface area contributed by atoms with Crippen molar-refractivity contribution < 1.29 is 0 Å². The van der Waals surface area contributed by atoms with Gasteiger partial charge in [0.2, 0.25) is 0 Å². The minimum absolute atomic E-state index is 0.691. The zero-order valence-corrected chi connectivity index (χ0v) is 10.6. The van der Waals surface area contributed by atoms with Crippen LogP contribution in [0.15, 0.2) is 24.5 Å². The first-order chi connectivity index (χ1) is 8.03. The Labute approximate surface area is 103 Å². The third-order valence-corrected chi connectivity index (χ3v) is 2.80. The highest BCUT2D eigenvalue weighted by atomic mass is 15.1. The molecule has 1 aromatic heterocycles. The first kappa shape index (κ1) is 13.6. The molecule has 0 aromatic carbocycles. The molecule has 1 rings (SSSR count). The van der Waals surface area contributed by atoms with Crippen LogP contribution in [0.2, 0.25) is 0 Å². The van der Waals surface area contributed by atoms with Crippen LogP contribution in [0.25, 0.3) is 0 Å². The van der Waals surface area contributed by atoms with Crippen LogP contribution in [0.4, 0.5) is 0 Å². The molecule has 1 atom stereocenters. The van der Waals surface area contributed by atoms with Gasteiger partial charge in [-0.1, -0.05) is 0 Å². The van der Waals surface area contributed by atoms with Crippen molar-refractivity contribution in [3.8, 4) is 6.07 Å². The topological polar surface area (TPSA) is 65.9 Å². The van der Waals surface area contributed by atoms with Gasteiger partial charge in [-0.2, -0.15) is 5.26 Å². The van der Waals surface area contributed by atoms with E-state index in [9.17, 15) is 0 Å². The predicted octanol–water partition coefficient (Wildman–Crippen LogP) is 1.19. The molecule has 0 spiro atoms. The fourth-order valence-corrected chi connectivity index (χ4v) is 1.46. The van der Waals surface area contributed by atoms with Crippen LogP contribution in [0.1, 0.15) is 18.9 Å². The van der Waals surface area contributed by atoms with Crippen molar-refractivity contribution in [2.45, 2.75) is 25.3 Å². The molecule has 4 nitrogen and oxygen atoms in total. The molecule has 0 aliphatic heterocycles. The van der Waals surface area contributed by atoms with Crippen molar-refractivity contribution in [2.75, 3.05) is 20.1 Å². The summed E-state index contributed by atoms with van der Waals surface area (Å²) >= 11 is 0. The van der Waals surface area contributed by atoms with Gasteiger partial charge in [0, 0.05) is 25.5 Å². The molecule has 4 heteroatoms. The Morgan fingerprint density at radius 2 is 2.06 bits per heavy atom. The van der Waals surface area contributed by atoms with Crippen LogP contribution in [0.5, 0.6) is 0 Å². The van der Waals surface area contributed by atoms with Gasteiger partial charge in [-0.25, -0.2) is 0 Å². The van der Waals surface area contributed by atoms with Gasteiger partial charge in [0.05, 0.1) is 6.07 Å². The Morgan fingerprint density at radius 3 is 2.65 bits per heavy atom. The van der Waals surface area contributed by atoms with E-state index in [1.165, 1.54) is 5.56 Å². The molecule has 2 N–H and O–H groups in total. The summed E-state index contributed by atoms with van der Waals surface area (Å²) in [7, 11) is 2.05. The maximum atomic E-state index is 8.81. The summed E-state index contributed by atoms with van der Waals surface area (Å²) in [5.41, 5.74) is 6.34. The first-order valence-electron chi connectivity index (χ1n) is 5.81. The Hall–Kier alpha value is -1.44. The van der Waals surface area contributed by atoms with E-state index in [1.807, 2.05) is 24.5 Å². The van der Waals surface area contributed by atoms with Gasteiger partial charge in [0.25, 0.3) is 0 Å². The number of rotatable bonds is 6. The molecule has 0 aliphatic carbocycles. The standard InChI is InChI=1S/C13H20N4/c1-13(15,11-14)6-10-17(2)9-5-12-3-7-16-8-4-12/h3-4,7-8H,5-6,9-10,15H2,1-2H3. The van der Waals surface area contributed by atoms with Crippen LogP contribution >= 0.6 is 0 Å². The van der Waals surface area contributed by atoms with E-state index < -0.39 is 5.54 Å². The summed E-state index contributed by atoms with van der Waals surface area (Å²) in [5, 5.41) is 8.81. The van der Waals surface area contributed by atoms with E-state index in [1.54, 1.807) is 6.92 Å². The fourth-order valence-electron chi connectivity index (χ4n) is 1.46. The largest absolute Gasteiger partial charge is 0.314 e. The summed E-state index contributed by atoms with van der Waals surface area (Å²) in [5.74, 6) is 0. The second-order valence-electron chi connectivity index (χ2n) is 4.69. The first-order valence-corrected chi connectivity index (χ1v) is 5.81. The number of nitrogens with zero attached hydrogens (tertiary/aromatic N) is 3. The lowest BCUT2D eigenvalue weighted by Crippen LogP contribution is -2.38. The number of likely N-dealkylation sites (N-methyl/N-ethyl adjacent to an activating group) is 1. The lowest BCUT2D eigenvalue weighted by molar-refractivity contribution is 0.310.